The van der Waals surface area contributed by atoms with Crippen LogP contribution in [0.2, 0.25) is 5.02 Å². The molecule has 0 aliphatic carbocycles. The molecule has 2 atom stereocenters. The molecule has 0 aliphatic rings. The number of nitrogens with one attached hydrogen (secondary N) is 5. The highest BCUT2D eigenvalue weighted by atomic mass is 35.5. The van der Waals surface area contributed by atoms with Crippen molar-refractivity contribution in [1.29, 1.82) is 5.41 Å². The van der Waals surface area contributed by atoms with E-state index >= 15 is 0 Å². The van der Waals surface area contributed by atoms with Crippen LogP contribution in [-0.2, 0) is 9.63 Å². The number of halogens is 1. The smallest absolute Gasteiger partial charge is 0.248 e. The summed E-state index contributed by atoms with van der Waals surface area (Å²) in [7, 11) is 1.77. The van der Waals surface area contributed by atoms with Gasteiger partial charge in [0.1, 0.15) is 11.9 Å². The maximum Gasteiger partial charge on any atom is 0.248 e. The fraction of sp³-hybridized carbons (Fsp3) is 0.130. The van der Waals surface area contributed by atoms with Gasteiger partial charge in [0.05, 0.1) is 0 Å². The quantitative estimate of drug-likeness (QED) is 0.153. The van der Waals surface area contributed by atoms with Crippen LogP contribution in [0.5, 0.6) is 0 Å². The van der Waals surface area contributed by atoms with E-state index < -0.39 is 18.2 Å². The summed E-state index contributed by atoms with van der Waals surface area (Å²) in [5.74, 6) is -0.439. The lowest BCUT2D eigenvalue weighted by Gasteiger charge is -2.22. The average Bonchev–Trinajstić information content (AvgIpc) is 2.80. The molecule has 5 N–H and O–H groups in total. The Balaban J connectivity index is 1.70. The van der Waals surface area contributed by atoms with Crippen LogP contribution in [0.3, 0.4) is 0 Å². The Morgan fingerprint density at radius 2 is 1.58 bits per heavy atom. The van der Waals surface area contributed by atoms with Crippen LogP contribution in [0.25, 0.3) is 0 Å². The molecule has 7 nitrogen and oxygen atoms in total. The number of amides is 1. The Morgan fingerprint density at radius 3 is 2.23 bits per heavy atom. The summed E-state index contributed by atoms with van der Waals surface area (Å²) in [5, 5.41) is 14.4. The number of hydrogen-bond donors (Lipinski definition) is 5. The molecule has 0 bridgehead atoms. The summed E-state index contributed by atoms with van der Waals surface area (Å²) in [6.45, 7) is 0. The van der Waals surface area contributed by atoms with Crippen molar-refractivity contribution in [3.8, 4) is 0 Å². The predicted molar refractivity (Wildman–Crippen MR) is 121 cm³/mol. The van der Waals surface area contributed by atoms with Crippen LogP contribution in [0.4, 0.5) is 0 Å². The molecule has 0 heterocycles. The third-order valence-electron chi connectivity index (χ3n) is 4.50. The van der Waals surface area contributed by atoms with E-state index in [4.69, 9.17) is 21.8 Å². The molecule has 3 aromatic carbocycles. The summed E-state index contributed by atoms with van der Waals surface area (Å²) in [6.07, 6.45) is -0.445. The van der Waals surface area contributed by atoms with Crippen molar-refractivity contribution in [1.82, 2.24) is 21.6 Å². The third-order valence-corrected chi connectivity index (χ3v) is 4.73. The van der Waals surface area contributed by atoms with Gasteiger partial charge in [-0.2, -0.15) is 0 Å². The van der Waals surface area contributed by atoms with Crippen LogP contribution in [-0.4, -0.2) is 18.8 Å². The van der Waals surface area contributed by atoms with Gasteiger partial charge in [0.2, 0.25) is 5.91 Å². The highest BCUT2D eigenvalue weighted by molar-refractivity contribution is 6.30. The number of carbonyl (C=O) groups excluding carboxylic acids is 1. The third kappa shape index (κ3) is 6.45. The molecule has 31 heavy (non-hydrogen) atoms. The monoisotopic (exact) mass is 437 g/mol. The van der Waals surface area contributed by atoms with Crippen molar-refractivity contribution in [3.63, 3.8) is 0 Å². The van der Waals surface area contributed by atoms with Crippen molar-refractivity contribution in [3.05, 3.63) is 107 Å². The number of benzene rings is 3. The Labute approximate surface area is 186 Å². The Bertz CT molecular complexity index is 1000. The summed E-state index contributed by atoms with van der Waals surface area (Å²) in [4.78, 5) is 18.6. The second-order valence-corrected chi connectivity index (χ2v) is 7.10. The van der Waals surface area contributed by atoms with Crippen molar-refractivity contribution >= 4 is 23.3 Å². The lowest BCUT2D eigenvalue weighted by Crippen LogP contribution is -2.46. The number of carbonyl (C=O) groups is 1. The van der Waals surface area contributed by atoms with Gasteiger partial charge in [0, 0.05) is 10.6 Å². The summed E-state index contributed by atoms with van der Waals surface area (Å²) >= 11 is 6.12. The highest BCUT2D eigenvalue weighted by Gasteiger charge is 2.23. The van der Waals surface area contributed by atoms with E-state index in [0.29, 0.717) is 16.1 Å². The first kappa shape index (κ1) is 22.6. The lowest BCUT2D eigenvalue weighted by molar-refractivity contribution is -0.126. The standard InChI is InChI=1S/C23H24ClN5O2/c1-26-23(17-11-6-3-7-12-17)31-29-28-20(18-13-8-14-19(24)15-18)22(30)27-21(25)16-9-4-2-5-10-16/h2-15,20,23,26,28-29H,1H3,(H2,25,27,30). The molecule has 0 saturated heterocycles. The predicted octanol–water partition coefficient (Wildman–Crippen LogP) is 3.47. The van der Waals surface area contributed by atoms with Gasteiger partial charge in [0.25, 0.3) is 0 Å². The molecular formula is C23H24ClN5O2. The first-order chi connectivity index (χ1) is 15.1. The van der Waals surface area contributed by atoms with Gasteiger partial charge in [-0.3, -0.25) is 20.4 Å². The van der Waals surface area contributed by atoms with Gasteiger partial charge in [-0.1, -0.05) is 84.4 Å². The Morgan fingerprint density at radius 1 is 0.935 bits per heavy atom. The molecule has 0 fully saturated rings. The fourth-order valence-corrected chi connectivity index (χ4v) is 3.13. The zero-order valence-corrected chi connectivity index (χ0v) is 17.7. The van der Waals surface area contributed by atoms with Crippen molar-refractivity contribution in [2.45, 2.75) is 12.3 Å². The molecule has 0 spiro atoms. The Kier molecular flexibility index (Phi) is 8.28. The number of rotatable bonds is 9. The maximum atomic E-state index is 13.0. The first-order valence-corrected chi connectivity index (χ1v) is 10.0. The molecular weight excluding hydrogens is 414 g/mol. The van der Waals surface area contributed by atoms with Gasteiger partial charge >= 0.3 is 0 Å². The van der Waals surface area contributed by atoms with Gasteiger partial charge in [-0.15, -0.1) is 5.59 Å². The molecule has 0 saturated carbocycles. The number of hydrogen-bond acceptors (Lipinski definition) is 6. The van der Waals surface area contributed by atoms with Gasteiger partial charge < -0.3 is 5.32 Å². The molecule has 160 valence electrons. The zero-order chi connectivity index (χ0) is 22.1. The molecule has 8 heteroatoms. The van der Waals surface area contributed by atoms with Crippen molar-refractivity contribution in [2.75, 3.05) is 7.05 Å². The maximum absolute atomic E-state index is 13.0. The molecule has 3 rings (SSSR count). The summed E-state index contributed by atoms with van der Waals surface area (Å²) < 4.78 is 0. The highest BCUT2D eigenvalue weighted by Crippen LogP contribution is 2.18. The topological polar surface area (TPSA) is 98.3 Å². The molecule has 2 unspecified atom stereocenters. The minimum absolute atomic E-state index is 0.00210. The molecule has 3 aromatic rings. The molecule has 0 radical (unpaired) electrons. The van der Waals surface area contributed by atoms with Crippen LogP contribution in [0.15, 0.2) is 84.9 Å². The van der Waals surface area contributed by atoms with Crippen LogP contribution >= 0.6 is 11.6 Å². The summed E-state index contributed by atoms with van der Waals surface area (Å²) in [6, 6.07) is 24.6. The van der Waals surface area contributed by atoms with Gasteiger partial charge in [0.15, 0.2) is 6.23 Å². The van der Waals surface area contributed by atoms with Crippen LogP contribution < -0.4 is 21.6 Å². The molecule has 0 aliphatic heterocycles. The summed E-state index contributed by atoms with van der Waals surface area (Å²) in [5.41, 5.74) is 7.66. The second-order valence-electron chi connectivity index (χ2n) is 6.66. The van der Waals surface area contributed by atoms with E-state index in [0.717, 1.165) is 5.56 Å². The normalized spacial score (nSPS) is 12.7. The number of hydrazine groups is 1. The van der Waals surface area contributed by atoms with E-state index in [9.17, 15) is 4.79 Å². The first-order valence-electron chi connectivity index (χ1n) is 9.67. The molecule has 0 aromatic heterocycles. The van der Waals surface area contributed by atoms with Gasteiger partial charge in [-0.25, -0.2) is 5.43 Å². The fourth-order valence-electron chi connectivity index (χ4n) is 2.93. The van der Waals surface area contributed by atoms with Crippen LogP contribution in [0, 0.1) is 5.41 Å². The van der Waals surface area contributed by atoms with E-state index in [1.54, 1.807) is 55.6 Å². The second kappa shape index (κ2) is 11.4. The minimum atomic E-state index is -0.865. The zero-order valence-electron chi connectivity index (χ0n) is 16.9. The van der Waals surface area contributed by atoms with Crippen LogP contribution in [0.1, 0.15) is 29.0 Å². The van der Waals surface area contributed by atoms with Gasteiger partial charge in [-0.05, 0) is 30.3 Å². The average molecular weight is 438 g/mol. The van der Waals surface area contributed by atoms with E-state index in [-0.39, 0.29) is 5.84 Å². The van der Waals surface area contributed by atoms with Crippen molar-refractivity contribution in [2.24, 2.45) is 0 Å². The van der Waals surface area contributed by atoms with E-state index in [2.05, 4.69) is 21.6 Å². The SMILES string of the molecule is CNC(ONNC(C(=O)NC(=N)c1ccccc1)c1cccc(Cl)c1)c1ccccc1. The van der Waals surface area contributed by atoms with E-state index in [1.165, 1.54) is 0 Å². The molecule has 1 amide bonds. The minimum Gasteiger partial charge on any atom is -0.309 e. The Hall–Kier alpha value is -3.07. The van der Waals surface area contributed by atoms with E-state index in [1.807, 2.05) is 36.4 Å². The number of amidine groups is 1. The van der Waals surface area contributed by atoms with Crippen molar-refractivity contribution < 1.29 is 9.63 Å². The lowest BCUT2D eigenvalue weighted by atomic mass is 10.1. The largest absolute Gasteiger partial charge is 0.309 e.